The largest absolute Gasteiger partial charge is 0.462 e. The lowest BCUT2D eigenvalue weighted by molar-refractivity contribution is -0.145. The van der Waals surface area contributed by atoms with Crippen LogP contribution in [0.25, 0.3) is 0 Å². The third kappa shape index (κ3) is 1.47. The van der Waals surface area contributed by atoms with Gasteiger partial charge in [0.1, 0.15) is 6.10 Å². The van der Waals surface area contributed by atoms with E-state index in [-0.39, 0.29) is 18.0 Å². The van der Waals surface area contributed by atoms with Crippen molar-refractivity contribution in [3.05, 3.63) is 0 Å². The molecule has 2 heteroatoms. The fourth-order valence-corrected chi connectivity index (χ4v) is 2.67. The van der Waals surface area contributed by atoms with Gasteiger partial charge in [0.15, 0.2) is 0 Å². The minimum Gasteiger partial charge on any atom is -0.462 e. The smallest absolute Gasteiger partial charge is 0.309 e. The molecule has 2 aliphatic rings. The van der Waals surface area contributed by atoms with Gasteiger partial charge in [-0.2, -0.15) is 0 Å². The molecule has 1 saturated carbocycles. The van der Waals surface area contributed by atoms with Gasteiger partial charge in [-0.3, -0.25) is 4.79 Å². The van der Waals surface area contributed by atoms with E-state index in [1.807, 2.05) is 6.92 Å². The number of carbonyl (C=O) groups excluding carboxylic acids is 1. The lowest BCUT2D eigenvalue weighted by Gasteiger charge is -2.36. The second-order valence-electron chi connectivity index (χ2n) is 5.33. The summed E-state index contributed by atoms with van der Waals surface area (Å²) >= 11 is 0. The number of rotatable bonds is 0. The number of esters is 1. The van der Waals surface area contributed by atoms with Gasteiger partial charge in [-0.25, -0.2) is 0 Å². The number of hydrogen-bond acceptors (Lipinski definition) is 2. The molecule has 74 valence electrons. The van der Waals surface area contributed by atoms with Gasteiger partial charge in [-0.05, 0) is 24.7 Å². The van der Waals surface area contributed by atoms with Crippen LogP contribution in [0.5, 0.6) is 0 Å². The summed E-state index contributed by atoms with van der Waals surface area (Å²) in [7, 11) is 0. The molecule has 1 aliphatic heterocycles. The van der Waals surface area contributed by atoms with E-state index >= 15 is 0 Å². The Balaban J connectivity index is 2.12. The second kappa shape index (κ2) is 2.73. The molecule has 0 aromatic rings. The van der Waals surface area contributed by atoms with Crippen LogP contribution in [0.2, 0.25) is 0 Å². The van der Waals surface area contributed by atoms with Gasteiger partial charge >= 0.3 is 5.97 Å². The van der Waals surface area contributed by atoms with E-state index in [2.05, 4.69) is 13.8 Å². The molecule has 1 aliphatic carbocycles. The van der Waals surface area contributed by atoms with Crippen LogP contribution in [0, 0.1) is 17.3 Å². The van der Waals surface area contributed by atoms with Gasteiger partial charge in [0, 0.05) is 5.92 Å². The van der Waals surface area contributed by atoms with Crippen LogP contribution in [0.1, 0.15) is 40.0 Å². The molecule has 2 fully saturated rings. The molecular weight excluding hydrogens is 164 g/mol. The zero-order chi connectivity index (χ0) is 9.64. The standard InChI is InChI=1S/C11H18O2/c1-7-8-4-5-11(2,3)6-9(8)13-10(7)12/h7-9H,4-6H2,1-3H3/t7?,8-,9?/m0/s1. The van der Waals surface area contributed by atoms with Crippen molar-refractivity contribution >= 4 is 5.97 Å². The summed E-state index contributed by atoms with van der Waals surface area (Å²) in [4.78, 5) is 11.3. The van der Waals surface area contributed by atoms with Crippen LogP contribution in [0.15, 0.2) is 0 Å². The minimum absolute atomic E-state index is 0.0210. The van der Waals surface area contributed by atoms with E-state index in [0.29, 0.717) is 11.3 Å². The van der Waals surface area contributed by atoms with Gasteiger partial charge in [0.2, 0.25) is 0 Å². The minimum atomic E-state index is 0.0210. The average molecular weight is 182 g/mol. The summed E-state index contributed by atoms with van der Waals surface area (Å²) in [6.45, 7) is 6.53. The molecule has 3 atom stereocenters. The Morgan fingerprint density at radius 3 is 2.85 bits per heavy atom. The predicted molar refractivity (Wildman–Crippen MR) is 50.2 cm³/mol. The molecule has 0 aromatic heterocycles. The zero-order valence-corrected chi connectivity index (χ0v) is 8.67. The van der Waals surface area contributed by atoms with Crippen molar-refractivity contribution in [1.82, 2.24) is 0 Å². The topological polar surface area (TPSA) is 26.3 Å². The summed E-state index contributed by atoms with van der Waals surface area (Å²) in [6.07, 6.45) is 3.65. The highest BCUT2D eigenvalue weighted by molar-refractivity contribution is 5.74. The highest BCUT2D eigenvalue weighted by atomic mass is 16.6. The number of hydrogen-bond donors (Lipinski definition) is 0. The highest BCUT2D eigenvalue weighted by Gasteiger charge is 2.46. The first kappa shape index (κ1) is 9.04. The first-order valence-corrected chi connectivity index (χ1v) is 5.20. The van der Waals surface area contributed by atoms with E-state index in [0.717, 1.165) is 12.8 Å². The van der Waals surface area contributed by atoms with Gasteiger partial charge in [-0.15, -0.1) is 0 Å². The average Bonchev–Trinajstić information content (AvgIpc) is 2.25. The first-order chi connectivity index (χ1) is 5.99. The molecule has 2 unspecified atom stereocenters. The second-order valence-corrected chi connectivity index (χ2v) is 5.33. The van der Waals surface area contributed by atoms with Crippen molar-refractivity contribution in [2.75, 3.05) is 0 Å². The maximum atomic E-state index is 11.3. The molecule has 1 heterocycles. The molecule has 1 saturated heterocycles. The zero-order valence-electron chi connectivity index (χ0n) is 8.67. The van der Waals surface area contributed by atoms with Gasteiger partial charge in [0.05, 0.1) is 5.92 Å². The molecule has 0 N–H and O–H groups in total. The van der Waals surface area contributed by atoms with Crippen LogP contribution < -0.4 is 0 Å². The van der Waals surface area contributed by atoms with Crippen molar-refractivity contribution in [1.29, 1.82) is 0 Å². The van der Waals surface area contributed by atoms with Gasteiger partial charge < -0.3 is 4.74 Å². The maximum absolute atomic E-state index is 11.3. The number of carbonyl (C=O) groups is 1. The number of fused-ring (bicyclic) bond motifs is 1. The van der Waals surface area contributed by atoms with Crippen LogP contribution in [-0.4, -0.2) is 12.1 Å². The third-order valence-corrected chi connectivity index (χ3v) is 3.67. The summed E-state index contributed by atoms with van der Waals surface area (Å²) in [6, 6.07) is 0. The molecular formula is C11H18O2. The van der Waals surface area contributed by atoms with E-state index in [1.54, 1.807) is 0 Å². The molecule has 13 heavy (non-hydrogen) atoms. The van der Waals surface area contributed by atoms with E-state index in [9.17, 15) is 4.79 Å². The predicted octanol–water partition coefficient (Wildman–Crippen LogP) is 2.37. The van der Waals surface area contributed by atoms with Crippen LogP contribution in [0.3, 0.4) is 0 Å². The van der Waals surface area contributed by atoms with Crippen molar-refractivity contribution < 1.29 is 9.53 Å². The third-order valence-electron chi connectivity index (χ3n) is 3.67. The molecule has 0 spiro atoms. The molecule has 0 amide bonds. The van der Waals surface area contributed by atoms with Crippen LogP contribution >= 0.6 is 0 Å². The molecule has 0 radical (unpaired) electrons. The van der Waals surface area contributed by atoms with Gasteiger partial charge in [-0.1, -0.05) is 20.8 Å². The van der Waals surface area contributed by atoms with Crippen LogP contribution in [-0.2, 0) is 9.53 Å². The molecule has 2 nitrogen and oxygen atoms in total. The highest BCUT2D eigenvalue weighted by Crippen LogP contribution is 2.45. The molecule has 2 rings (SSSR count). The van der Waals surface area contributed by atoms with E-state index < -0.39 is 0 Å². The monoisotopic (exact) mass is 182 g/mol. The summed E-state index contributed by atoms with van der Waals surface area (Å²) in [5.74, 6) is 0.661. The summed E-state index contributed by atoms with van der Waals surface area (Å²) in [5, 5.41) is 0. The Morgan fingerprint density at radius 2 is 2.15 bits per heavy atom. The normalized spacial score (nSPS) is 42.7. The maximum Gasteiger partial charge on any atom is 0.309 e. The lowest BCUT2D eigenvalue weighted by atomic mass is 9.69. The Hall–Kier alpha value is -0.530. The number of ether oxygens (including phenoxy) is 1. The fourth-order valence-electron chi connectivity index (χ4n) is 2.67. The van der Waals surface area contributed by atoms with Crippen molar-refractivity contribution in [2.45, 2.75) is 46.1 Å². The van der Waals surface area contributed by atoms with E-state index in [4.69, 9.17) is 4.74 Å². The summed E-state index contributed by atoms with van der Waals surface area (Å²) < 4.78 is 5.37. The molecule has 0 aromatic carbocycles. The Bertz CT molecular complexity index is 232. The first-order valence-electron chi connectivity index (χ1n) is 5.20. The Morgan fingerprint density at radius 1 is 1.46 bits per heavy atom. The SMILES string of the molecule is CC1C(=O)OC2CC(C)(C)CC[C@H]21. The lowest BCUT2D eigenvalue weighted by Crippen LogP contribution is -2.32. The summed E-state index contributed by atoms with van der Waals surface area (Å²) in [5.41, 5.74) is 0.367. The molecule has 0 bridgehead atoms. The fraction of sp³-hybridized carbons (Fsp3) is 0.909. The Kier molecular flexibility index (Phi) is 1.90. The Labute approximate surface area is 79.7 Å². The van der Waals surface area contributed by atoms with Crippen LogP contribution in [0.4, 0.5) is 0 Å². The van der Waals surface area contributed by atoms with Crippen molar-refractivity contribution in [3.8, 4) is 0 Å². The van der Waals surface area contributed by atoms with Crippen molar-refractivity contribution in [3.63, 3.8) is 0 Å². The quantitative estimate of drug-likeness (QED) is 0.538. The van der Waals surface area contributed by atoms with E-state index in [1.165, 1.54) is 6.42 Å². The van der Waals surface area contributed by atoms with Gasteiger partial charge in [0.25, 0.3) is 0 Å². The van der Waals surface area contributed by atoms with Crippen molar-refractivity contribution in [2.24, 2.45) is 17.3 Å².